The summed E-state index contributed by atoms with van der Waals surface area (Å²) in [7, 11) is 0. The second-order valence-corrected chi connectivity index (χ2v) is 6.47. The molecule has 0 saturated heterocycles. The second-order valence-electron chi connectivity index (χ2n) is 5.85. The van der Waals surface area contributed by atoms with Gasteiger partial charge >= 0.3 is 0 Å². The van der Waals surface area contributed by atoms with E-state index in [0.717, 1.165) is 38.5 Å². The van der Waals surface area contributed by atoms with Crippen LogP contribution in [-0.2, 0) is 4.79 Å². The fourth-order valence-corrected chi connectivity index (χ4v) is 2.03. The summed E-state index contributed by atoms with van der Waals surface area (Å²) in [5.74, 6) is 0.350. The van der Waals surface area contributed by atoms with E-state index in [2.05, 4.69) is 0 Å². The van der Waals surface area contributed by atoms with Gasteiger partial charge in [0.1, 0.15) is 11.6 Å². The van der Waals surface area contributed by atoms with Gasteiger partial charge in [0.05, 0.1) is 0 Å². The number of halogens is 2. The monoisotopic (exact) mass is 368 g/mol. The van der Waals surface area contributed by atoms with Crippen molar-refractivity contribution in [3.63, 3.8) is 0 Å². The van der Waals surface area contributed by atoms with E-state index in [1.807, 2.05) is 43.4 Å². The van der Waals surface area contributed by atoms with E-state index < -0.39 is 0 Å². The van der Waals surface area contributed by atoms with Gasteiger partial charge in [0, 0.05) is 15.9 Å². The van der Waals surface area contributed by atoms with Crippen molar-refractivity contribution in [2.45, 2.75) is 72.1 Å². The van der Waals surface area contributed by atoms with Crippen molar-refractivity contribution >= 4 is 28.4 Å². The summed E-state index contributed by atoms with van der Waals surface area (Å²) in [6.07, 6.45) is 7.73. The lowest BCUT2D eigenvalue weighted by Gasteiger charge is -2.16. The van der Waals surface area contributed by atoms with Crippen molar-refractivity contribution < 1.29 is 9.18 Å². The third-order valence-electron chi connectivity index (χ3n) is 3.02. The Morgan fingerprint density at radius 2 is 1.44 bits per heavy atom. The number of unbranched alkanes of at least 4 members (excludes halogenated alkanes) is 5. The van der Waals surface area contributed by atoms with Gasteiger partial charge in [-0.05, 0) is 19.3 Å². The van der Waals surface area contributed by atoms with Gasteiger partial charge < -0.3 is 0 Å². The second kappa shape index (κ2) is 9.93. The molecular weight excluding hydrogens is 342 g/mol. The number of carbonyl (C=O) groups is 1. The molecule has 0 aliphatic rings. The first-order valence-corrected chi connectivity index (χ1v) is 8.10. The first-order chi connectivity index (χ1) is 8.38. The highest BCUT2D eigenvalue weighted by Crippen LogP contribution is 2.19. The highest BCUT2D eigenvalue weighted by molar-refractivity contribution is 14.1. The maximum atomic E-state index is 12.8. The molecule has 0 fully saturated rings. The highest BCUT2D eigenvalue weighted by Gasteiger charge is 2.19. The average Bonchev–Trinajstić information content (AvgIpc) is 2.30. The van der Waals surface area contributed by atoms with E-state index in [1.54, 1.807) is 0 Å². The van der Waals surface area contributed by atoms with Crippen LogP contribution >= 0.6 is 22.6 Å². The van der Waals surface area contributed by atoms with E-state index in [0.29, 0.717) is 18.6 Å². The molecule has 0 rings (SSSR count). The SMILES string of the molecule is CC(C)(C)C(=O)CCCCCCCC/C(F)=C\I. The van der Waals surface area contributed by atoms with E-state index in [1.165, 1.54) is 4.08 Å². The molecule has 0 heterocycles. The molecule has 0 aromatic carbocycles. The topological polar surface area (TPSA) is 17.1 Å². The van der Waals surface area contributed by atoms with E-state index in [-0.39, 0.29) is 11.2 Å². The molecule has 0 radical (unpaired) electrons. The normalized spacial score (nSPS) is 12.8. The van der Waals surface area contributed by atoms with Crippen LogP contribution in [0.4, 0.5) is 4.39 Å². The Kier molecular flexibility index (Phi) is 9.97. The number of allylic oxidation sites excluding steroid dienone is 1. The van der Waals surface area contributed by atoms with Crippen molar-refractivity contribution in [3.05, 3.63) is 9.91 Å². The molecule has 0 aromatic heterocycles. The summed E-state index contributed by atoms with van der Waals surface area (Å²) in [4.78, 5) is 11.7. The summed E-state index contributed by atoms with van der Waals surface area (Å²) in [5.41, 5.74) is -0.191. The van der Waals surface area contributed by atoms with Gasteiger partial charge in [0.2, 0.25) is 0 Å². The number of Topliss-reactive ketones (excluding diaryl/α,β-unsaturated/α-hetero) is 1. The Morgan fingerprint density at radius 1 is 1.00 bits per heavy atom. The smallest absolute Gasteiger partial charge is 0.138 e. The minimum atomic E-state index is -0.191. The molecule has 0 aromatic rings. The quantitative estimate of drug-likeness (QED) is 0.362. The summed E-state index contributed by atoms with van der Waals surface area (Å²) < 4.78 is 14.3. The van der Waals surface area contributed by atoms with Crippen molar-refractivity contribution in [3.8, 4) is 0 Å². The molecule has 106 valence electrons. The molecule has 0 unspecified atom stereocenters. The first kappa shape index (κ1) is 18.1. The van der Waals surface area contributed by atoms with E-state index in [4.69, 9.17) is 0 Å². The molecule has 0 atom stereocenters. The third kappa shape index (κ3) is 10.0. The van der Waals surface area contributed by atoms with Crippen molar-refractivity contribution in [1.29, 1.82) is 0 Å². The van der Waals surface area contributed by atoms with Gasteiger partial charge in [-0.2, -0.15) is 0 Å². The average molecular weight is 368 g/mol. The van der Waals surface area contributed by atoms with Crippen LogP contribution in [0.5, 0.6) is 0 Å². The van der Waals surface area contributed by atoms with E-state index in [9.17, 15) is 9.18 Å². The Morgan fingerprint density at radius 3 is 1.89 bits per heavy atom. The number of carbonyl (C=O) groups excluding carboxylic acids is 1. The molecule has 0 aliphatic carbocycles. The minimum absolute atomic E-state index is 0.00799. The van der Waals surface area contributed by atoms with Crippen LogP contribution in [0.1, 0.15) is 72.1 Å². The van der Waals surface area contributed by atoms with Crippen LogP contribution in [0.3, 0.4) is 0 Å². The molecule has 3 heteroatoms. The number of hydrogen-bond donors (Lipinski definition) is 0. The van der Waals surface area contributed by atoms with Crippen LogP contribution in [0.15, 0.2) is 9.91 Å². The summed E-state index contributed by atoms with van der Waals surface area (Å²) in [6, 6.07) is 0. The maximum absolute atomic E-state index is 12.8. The molecular formula is C15H26FIO. The molecule has 0 aliphatic heterocycles. The van der Waals surface area contributed by atoms with Crippen LogP contribution in [0.25, 0.3) is 0 Å². The van der Waals surface area contributed by atoms with Gasteiger partial charge in [-0.15, -0.1) is 0 Å². The summed E-state index contributed by atoms with van der Waals surface area (Å²) >= 11 is 1.94. The Hall–Kier alpha value is 0.0700. The molecule has 0 N–H and O–H groups in total. The van der Waals surface area contributed by atoms with Crippen LogP contribution in [0, 0.1) is 5.41 Å². The number of rotatable bonds is 9. The van der Waals surface area contributed by atoms with E-state index >= 15 is 0 Å². The maximum Gasteiger partial charge on any atom is 0.138 e. The molecule has 18 heavy (non-hydrogen) atoms. The van der Waals surface area contributed by atoms with Gasteiger partial charge in [0.15, 0.2) is 0 Å². The lowest BCUT2D eigenvalue weighted by Crippen LogP contribution is -2.19. The Balaban J connectivity index is 3.34. The predicted molar refractivity (Wildman–Crippen MR) is 84.6 cm³/mol. The zero-order valence-corrected chi connectivity index (χ0v) is 14.1. The van der Waals surface area contributed by atoms with Gasteiger partial charge in [-0.25, -0.2) is 4.39 Å². The fraction of sp³-hybridized carbons (Fsp3) is 0.800. The van der Waals surface area contributed by atoms with Crippen molar-refractivity contribution in [1.82, 2.24) is 0 Å². The van der Waals surface area contributed by atoms with Crippen molar-refractivity contribution in [2.75, 3.05) is 0 Å². The first-order valence-electron chi connectivity index (χ1n) is 6.86. The van der Waals surface area contributed by atoms with Crippen LogP contribution in [0.2, 0.25) is 0 Å². The van der Waals surface area contributed by atoms with Gasteiger partial charge in [0.25, 0.3) is 0 Å². The van der Waals surface area contributed by atoms with Crippen LogP contribution in [-0.4, -0.2) is 5.78 Å². The Labute approximate surface area is 125 Å². The molecule has 0 saturated carbocycles. The standard InChI is InChI=1S/C15H26FIO/c1-15(2,3)14(18)11-9-7-5-4-6-8-10-13(16)12-17/h12H,4-11H2,1-3H3/b13-12+. The van der Waals surface area contributed by atoms with Crippen molar-refractivity contribution in [2.24, 2.45) is 5.41 Å². The Bertz CT molecular complexity index is 266. The zero-order valence-electron chi connectivity index (χ0n) is 11.9. The predicted octanol–water partition coefficient (Wildman–Crippen LogP) is 5.97. The largest absolute Gasteiger partial charge is 0.299 e. The molecule has 1 nitrogen and oxygen atoms in total. The fourth-order valence-electron chi connectivity index (χ4n) is 1.72. The minimum Gasteiger partial charge on any atom is -0.299 e. The molecule has 0 bridgehead atoms. The van der Waals surface area contributed by atoms with Gasteiger partial charge in [-0.1, -0.05) is 69.0 Å². The zero-order chi connectivity index (χ0) is 14.0. The number of hydrogen-bond acceptors (Lipinski definition) is 1. The molecule has 0 spiro atoms. The lowest BCUT2D eigenvalue weighted by atomic mass is 9.88. The molecule has 0 amide bonds. The lowest BCUT2D eigenvalue weighted by molar-refractivity contribution is -0.126. The summed E-state index contributed by atoms with van der Waals surface area (Å²) in [6.45, 7) is 5.93. The van der Waals surface area contributed by atoms with Crippen LogP contribution < -0.4 is 0 Å². The number of ketones is 1. The van der Waals surface area contributed by atoms with Gasteiger partial charge in [-0.3, -0.25) is 4.79 Å². The highest BCUT2D eigenvalue weighted by atomic mass is 127. The summed E-state index contributed by atoms with van der Waals surface area (Å²) in [5, 5.41) is 0. The third-order valence-corrected chi connectivity index (χ3v) is 3.70.